The first kappa shape index (κ1) is 15.1. The van der Waals surface area contributed by atoms with Crippen molar-refractivity contribution in [3.8, 4) is 0 Å². The molecule has 0 radical (unpaired) electrons. The molecule has 0 spiro atoms. The molecule has 0 saturated carbocycles. The molecule has 0 atom stereocenters. The summed E-state index contributed by atoms with van der Waals surface area (Å²) in [5.74, 6) is -0.339. The van der Waals surface area contributed by atoms with Crippen LogP contribution in [0.15, 0.2) is 54.6 Å². The standard InChI is InChI=1S/C20H16FNOS/c21-14-11-9-13(10-12-14)18(23)19-16-7-4-8-17(16)20(24-19)22-15-5-2-1-3-6-15/h1-3,5-6,9-12,22H,4,7-8H2. The normalized spacial score (nSPS) is 12.9. The largest absolute Gasteiger partial charge is 0.347 e. The van der Waals surface area contributed by atoms with Gasteiger partial charge in [-0.25, -0.2) is 4.39 Å². The first-order chi connectivity index (χ1) is 11.7. The fourth-order valence-electron chi connectivity index (χ4n) is 3.14. The van der Waals surface area contributed by atoms with E-state index in [1.807, 2.05) is 30.3 Å². The first-order valence-corrected chi connectivity index (χ1v) is 8.81. The van der Waals surface area contributed by atoms with Gasteiger partial charge in [0.15, 0.2) is 0 Å². The molecule has 1 aliphatic rings. The van der Waals surface area contributed by atoms with Crippen LogP contribution in [-0.2, 0) is 12.8 Å². The molecule has 1 N–H and O–H groups in total. The Morgan fingerprint density at radius 3 is 2.42 bits per heavy atom. The van der Waals surface area contributed by atoms with Gasteiger partial charge in [0.2, 0.25) is 5.78 Å². The van der Waals surface area contributed by atoms with E-state index in [1.165, 1.54) is 29.0 Å². The Balaban J connectivity index is 1.70. The second kappa shape index (κ2) is 6.21. The van der Waals surface area contributed by atoms with Gasteiger partial charge in [0.1, 0.15) is 5.82 Å². The first-order valence-electron chi connectivity index (χ1n) is 7.99. The summed E-state index contributed by atoms with van der Waals surface area (Å²) in [7, 11) is 0. The van der Waals surface area contributed by atoms with Gasteiger partial charge in [-0.15, -0.1) is 11.3 Å². The van der Waals surface area contributed by atoms with Crippen molar-refractivity contribution in [2.75, 3.05) is 5.32 Å². The Morgan fingerprint density at radius 1 is 0.958 bits per heavy atom. The van der Waals surface area contributed by atoms with E-state index in [0.29, 0.717) is 5.56 Å². The summed E-state index contributed by atoms with van der Waals surface area (Å²) in [6.45, 7) is 0. The number of hydrogen-bond donors (Lipinski definition) is 1. The third-order valence-electron chi connectivity index (χ3n) is 4.31. The van der Waals surface area contributed by atoms with Crippen LogP contribution in [0, 0.1) is 5.82 Å². The average molecular weight is 337 g/mol. The van der Waals surface area contributed by atoms with Crippen LogP contribution in [0.4, 0.5) is 15.1 Å². The lowest BCUT2D eigenvalue weighted by molar-refractivity contribution is 0.104. The molecular formula is C20H16FNOS. The highest BCUT2D eigenvalue weighted by Crippen LogP contribution is 2.41. The lowest BCUT2D eigenvalue weighted by atomic mass is 10.1. The number of nitrogens with one attached hydrogen (secondary N) is 1. The van der Waals surface area contributed by atoms with Crippen LogP contribution in [0.5, 0.6) is 0 Å². The number of thiophene rings is 1. The number of benzene rings is 2. The van der Waals surface area contributed by atoms with E-state index in [-0.39, 0.29) is 11.6 Å². The molecule has 4 heteroatoms. The van der Waals surface area contributed by atoms with Gasteiger partial charge in [-0.05, 0) is 66.8 Å². The molecule has 0 bridgehead atoms. The molecule has 3 aromatic rings. The number of hydrogen-bond acceptors (Lipinski definition) is 3. The molecule has 0 aliphatic heterocycles. The third-order valence-corrected chi connectivity index (χ3v) is 5.50. The lowest BCUT2D eigenvalue weighted by Crippen LogP contribution is -2.01. The zero-order chi connectivity index (χ0) is 16.5. The summed E-state index contributed by atoms with van der Waals surface area (Å²) in [4.78, 5) is 13.6. The maximum Gasteiger partial charge on any atom is 0.203 e. The molecule has 0 amide bonds. The highest BCUT2D eigenvalue weighted by atomic mass is 32.1. The van der Waals surface area contributed by atoms with Crippen LogP contribution >= 0.6 is 11.3 Å². The van der Waals surface area contributed by atoms with Crippen molar-refractivity contribution in [3.63, 3.8) is 0 Å². The second-order valence-electron chi connectivity index (χ2n) is 5.90. The quantitative estimate of drug-likeness (QED) is 0.650. The monoisotopic (exact) mass is 337 g/mol. The van der Waals surface area contributed by atoms with Crippen molar-refractivity contribution in [1.29, 1.82) is 0 Å². The van der Waals surface area contributed by atoms with Gasteiger partial charge in [0.05, 0.1) is 9.88 Å². The molecule has 120 valence electrons. The Labute approximate surface area is 144 Å². The average Bonchev–Trinajstić information content (AvgIpc) is 3.20. The van der Waals surface area contributed by atoms with Crippen molar-refractivity contribution >= 4 is 27.8 Å². The summed E-state index contributed by atoms with van der Waals surface area (Å²) in [5, 5.41) is 4.50. The fourth-order valence-corrected chi connectivity index (χ4v) is 4.42. The number of carbonyl (C=O) groups excluding carboxylic acids is 1. The van der Waals surface area contributed by atoms with E-state index in [0.717, 1.165) is 40.4 Å². The number of rotatable bonds is 4. The highest BCUT2D eigenvalue weighted by molar-refractivity contribution is 7.18. The van der Waals surface area contributed by atoms with Crippen LogP contribution in [0.1, 0.15) is 32.8 Å². The fraction of sp³-hybridized carbons (Fsp3) is 0.150. The smallest absolute Gasteiger partial charge is 0.203 e. The molecule has 0 fully saturated rings. The molecule has 1 aliphatic carbocycles. The van der Waals surface area contributed by atoms with Gasteiger partial charge in [-0.1, -0.05) is 18.2 Å². The summed E-state index contributed by atoms with van der Waals surface area (Å²) < 4.78 is 13.1. The molecule has 4 rings (SSSR count). The molecule has 24 heavy (non-hydrogen) atoms. The van der Waals surface area contributed by atoms with Gasteiger partial charge >= 0.3 is 0 Å². The minimum Gasteiger partial charge on any atom is -0.347 e. The Bertz CT molecular complexity index is 884. The maximum atomic E-state index is 13.1. The Kier molecular flexibility index (Phi) is 3.90. The van der Waals surface area contributed by atoms with Crippen molar-refractivity contribution < 1.29 is 9.18 Å². The molecule has 2 nitrogen and oxygen atoms in total. The summed E-state index contributed by atoms with van der Waals surface area (Å²) >= 11 is 1.51. The van der Waals surface area contributed by atoms with Crippen molar-refractivity contribution in [1.82, 2.24) is 0 Å². The predicted molar refractivity (Wildman–Crippen MR) is 95.9 cm³/mol. The molecule has 0 unspecified atom stereocenters. The SMILES string of the molecule is O=C(c1ccc(F)cc1)c1sc(Nc2ccccc2)c2c1CCC2. The van der Waals surface area contributed by atoms with Crippen LogP contribution in [0.3, 0.4) is 0 Å². The molecule has 2 aromatic carbocycles. The molecular weight excluding hydrogens is 321 g/mol. The second-order valence-corrected chi connectivity index (χ2v) is 6.92. The van der Waals surface area contributed by atoms with E-state index < -0.39 is 0 Å². The zero-order valence-electron chi connectivity index (χ0n) is 13.0. The molecule has 1 aromatic heterocycles. The van der Waals surface area contributed by atoms with Crippen LogP contribution < -0.4 is 5.32 Å². The Morgan fingerprint density at radius 2 is 1.67 bits per heavy atom. The van der Waals surface area contributed by atoms with E-state index in [4.69, 9.17) is 0 Å². The van der Waals surface area contributed by atoms with Crippen molar-refractivity contribution in [3.05, 3.63) is 82.0 Å². The lowest BCUT2D eigenvalue weighted by Gasteiger charge is -2.05. The number of halogens is 1. The highest BCUT2D eigenvalue weighted by Gasteiger charge is 2.26. The molecule has 0 saturated heterocycles. The number of ketones is 1. The van der Waals surface area contributed by atoms with Crippen molar-refractivity contribution in [2.45, 2.75) is 19.3 Å². The van der Waals surface area contributed by atoms with Gasteiger partial charge < -0.3 is 5.32 Å². The summed E-state index contributed by atoms with van der Waals surface area (Å²) in [6, 6.07) is 15.8. The van der Waals surface area contributed by atoms with E-state index in [9.17, 15) is 9.18 Å². The number of carbonyl (C=O) groups is 1. The van der Waals surface area contributed by atoms with Crippen molar-refractivity contribution in [2.24, 2.45) is 0 Å². The summed E-state index contributed by atoms with van der Waals surface area (Å²) in [5.41, 5.74) is 3.98. The van der Waals surface area contributed by atoms with Gasteiger partial charge in [0, 0.05) is 11.3 Å². The molecule has 1 heterocycles. The number of anilines is 2. The third kappa shape index (κ3) is 2.74. The van der Waals surface area contributed by atoms with Gasteiger partial charge in [-0.2, -0.15) is 0 Å². The maximum absolute atomic E-state index is 13.1. The van der Waals surface area contributed by atoms with E-state index >= 15 is 0 Å². The van der Waals surface area contributed by atoms with E-state index in [2.05, 4.69) is 5.32 Å². The van der Waals surface area contributed by atoms with Gasteiger partial charge in [-0.3, -0.25) is 4.79 Å². The Hall–Kier alpha value is -2.46. The number of fused-ring (bicyclic) bond motifs is 1. The van der Waals surface area contributed by atoms with E-state index in [1.54, 1.807) is 12.1 Å². The van der Waals surface area contributed by atoms with Gasteiger partial charge in [0.25, 0.3) is 0 Å². The topological polar surface area (TPSA) is 29.1 Å². The predicted octanol–water partition coefficient (Wildman–Crippen LogP) is 5.35. The van der Waals surface area contributed by atoms with Crippen LogP contribution in [-0.4, -0.2) is 5.78 Å². The summed E-state index contributed by atoms with van der Waals surface area (Å²) in [6.07, 6.45) is 3.01. The number of para-hydroxylation sites is 1. The zero-order valence-corrected chi connectivity index (χ0v) is 13.8. The minimum absolute atomic E-state index is 0.0146. The van der Waals surface area contributed by atoms with Crippen LogP contribution in [0.2, 0.25) is 0 Å². The van der Waals surface area contributed by atoms with Crippen LogP contribution in [0.25, 0.3) is 0 Å². The minimum atomic E-state index is -0.325.